The molecule has 0 spiro atoms. The lowest BCUT2D eigenvalue weighted by Crippen LogP contribution is -2.16. The van der Waals surface area contributed by atoms with Crippen molar-refractivity contribution in [2.45, 2.75) is 24.4 Å². The lowest BCUT2D eigenvalue weighted by molar-refractivity contribution is -0.385. The van der Waals surface area contributed by atoms with Gasteiger partial charge in [0, 0.05) is 18.4 Å². The van der Waals surface area contributed by atoms with Crippen molar-refractivity contribution in [3.05, 3.63) is 48.8 Å². The van der Waals surface area contributed by atoms with Crippen molar-refractivity contribution in [1.82, 2.24) is 14.8 Å². The predicted octanol–water partition coefficient (Wildman–Crippen LogP) is 2.55. The second kappa shape index (κ2) is 6.23. The predicted molar refractivity (Wildman–Crippen MR) is 78.9 cm³/mol. The number of rotatable bonds is 5. The quantitative estimate of drug-likeness (QED) is 0.503. The van der Waals surface area contributed by atoms with E-state index in [1.165, 1.54) is 22.4 Å². The average Bonchev–Trinajstić information content (AvgIpc) is 2.77. The molecule has 0 atom stereocenters. The van der Waals surface area contributed by atoms with Gasteiger partial charge in [0.15, 0.2) is 5.16 Å². The second-order valence-corrected chi connectivity index (χ2v) is 5.68. The zero-order valence-electron chi connectivity index (χ0n) is 10.5. The number of nitro groups is 1. The molecule has 0 saturated heterocycles. The first-order valence-electron chi connectivity index (χ1n) is 5.73. The van der Waals surface area contributed by atoms with Crippen LogP contribution in [0.25, 0.3) is 0 Å². The van der Waals surface area contributed by atoms with Crippen LogP contribution >= 0.6 is 27.7 Å². The van der Waals surface area contributed by atoms with Crippen LogP contribution in [0.15, 0.2) is 32.6 Å². The molecule has 9 heteroatoms. The molecule has 0 aliphatic heterocycles. The van der Waals surface area contributed by atoms with Gasteiger partial charge in [-0.3, -0.25) is 14.7 Å². The summed E-state index contributed by atoms with van der Waals surface area (Å²) in [6.45, 7) is 2.38. The van der Waals surface area contributed by atoms with Crippen molar-refractivity contribution < 1.29 is 4.92 Å². The Labute approximate surface area is 126 Å². The minimum atomic E-state index is -0.436. The fourth-order valence-electron chi connectivity index (χ4n) is 1.63. The van der Waals surface area contributed by atoms with E-state index in [0.29, 0.717) is 21.9 Å². The van der Waals surface area contributed by atoms with E-state index in [4.69, 9.17) is 0 Å². The zero-order chi connectivity index (χ0) is 14.7. The van der Waals surface area contributed by atoms with Crippen LogP contribution in [0.5, 0.6) is 0 Å². The highest BCUT2D eigenvalue weighted by Crippen LogP contribution is 2.28. The molecule has 0 bridgehead atoms. The van der Waals surface area contributed by atoms with Gasteiger partial charge in [0.25, 0.3) is 5.69 Å². The minimum Gasteiger partial charge on any atom is -0.270 e. The van der Waals surface area contributed by atoms with Crippen molar-refractivity contribution in [2.24, 2.45) is 0 Å². The highest BCUT2D eigenvalue weighted by atomic mass is 79.9. The normalized spacial score (nSPS) is 10.7. The number of hydrogen-bond donors (Lipinski definition) is 1. The molecule has 1 aromatic heterocycles. The Kier molecular flexibility index (Phi) is 4.61. The Morgan fingerprint density at radius 2 is 2.30 bits per heavy atom. The molecule has 0 aliphatic rings. The van der Waals surface area contributed by atoms with Gasteiger partial charge in [0.05, 0.1) is 9.40 Å². The van der Waals surface area contributed by atoms with Gasteiger partial charge in [0.1, 0.15) is 0 Å². The molecule has 2 rings (SSSR count). The van der Waals surface area contributed by atoms with Crippen LogP contribution in [0, 0.1) is 10.1 Å². The van der Waals surface area contributed by atoms with Crippen LogP contribution in [0.1, 0.15) is 12.5 Å². The van der Waals surface area contributed by atoms with Gasteiger partial charge in [-0.1, -0.05) is 17.8 Å². The summed E-state index contributed by atoms with van der Waals surface area (Å²) in [4.78, 5) is 21.8. The summed E-state index contributed by atoms with van der Waals surface area (Å²) in [5, 5.41) is 17.7. The molecule has 20 heavy (non-hydrogen) atoms. The molecule has 0 saturated carbocycles. The van der Waals surface area contributed by atoms with Crippen molar-refractivity contribution >= 4 is 33.4 Å². The molecule has 2 aromatic rings. The van der Waals surface area contributed by atoms with Gasteiger partial charge in [-0.25, -0.2) is 9.89 Å². The third-order valence-corrected chi connectivity index (χ3v) is 4.33. The Hall–Kier alpha value is -1.61. The van der Waals surface area contributed by atoms with E-state index in [-0.39, 0.29) is 11.4 Å². The number of aromatic amines is 1. The van der Waals surface area contributed by atoms with Crippen molar-refractivity contribution in [1.29, 1.82) is 0 Å². The second-order valence-electron chi connectivity index (χ2n) is 3.89. The zero-order valence-corrected chi connectivity index (χ0v) is 12.9. The summed E-state index contributed by atoms with van der Waals surface area (Å²) in [5.74, 6) is 0.498. The molecule has 1 aromatic carbocycles. The van der Waals surface area contributed by atoms with E-state index in [9.17, 15) is 14.9 Å². The molecular weight excluding hydrogens is 348 g/mol. The first kappa shape index (κ1) is 14.8. The number of benzene rings is 1. The largest absolute Gasteiger partial charge is 0.343 e. The number of hydrogen-bond acceptors (Lipinski definition) is 5. The van der Waals surface area contributed by atoms with Crippen LogP contribution in [-0.2, 0) is 12.3 Å². The third kappa shape index (κ3) is 3.10. The van der Waals surface area contributed by atoms with E-state index in [0.717, 1.165) is 5.56 Å². The van der Waals surface area contributed by atoms with Crippen molar-refractivity contribution in [3.63, 3.8) is 0 Å². The Bertz CT molecular complexity index is 697. The van der Waals surface area contributed by atoms with Gasteiger partial charge in [-0.2, -0.15) is 0 Å². The molecule has 7 nitrogen and oxygen atoms in total. The molecule has 1 heterocycles. The van der Waals surface area contributed by atoms with Crippen molar-refractivity contribution in [2.75, 3.05) is 0 Å². The number of halogens is 1. The standard InChI is InChI=1S/C11H11BrN4O3S/c1-2-15-10(17)13-14-11(15)20-6-7-3-4-8(12)9(5-7)16(18)19/h3-5H,2,6H2,1H3,(H,13,17). The monoisotopic (exact) mass is 358 g/mol. The maximum Gasteiger partial charge on any atom is 0.343 e. The van der Waals surface area contributed by atoms with Crippen LogP contribution in [-0.4, -0.2) is 19.7 Å². The number of aromatic nitrogens is 3. The van der Waals surface area contributed by atoms with Gasteiger partial charge >= 0.3 is 5.69 Å². The lowest BCUT2D eigenvalue weighted by atomic mass is 10.2. The van der Waals surface area contributed by atoms with E-state index in [2.05, 4.69) is 26.1 Å². The summed E-state index contributed by atoms with van der Waals surface area (Å²) in [6.07, 6.45) is 0. The highest BCUT2D eigenvalue weighted by Gasteiger charge is 2.13. The summed E-state index contributed by atoms with van der Waals surface area (Å²) < 4.78 is 1.96. The van der Waals surface area contributed by atoms with Crippen LogP contribution in [0.2, 0.25) is 0 Å². The van der Waals surface area contributed by atoms with E-state index < -0.39 is 4.92 Å². The van der Waals surface area contributed by atoms with E-state index in [1.807, 2.05) is 6.92 Å². The summed E-state index contributed by atoms with van der Waals surface area (Å²) >= 11 is 4.50. The molecule has 0 fully saturated rings. The number of nitro benzene ring substituents is 1. The fraction of sp³-hybridized carbons (Fsp3) is 0.273. The fourth-order valence-corrected chi connectivity index (χ4v) is 2.97. The molecule has 1 N–H and O–H groups in total. The van der Waals surface area contributed by atoms with Crippen LogP contribution in [0.4, 0.5) is 5.69 Å². The Balaban J connectivity index is 2.17. The average molecular weight is 359 g/mol. The van der Waals surface area contributed by atoms with Crippen molar-refractivity contribution in [3.8, 4) is 0 Å². The number of nitrogens with zero attached hydrogens (tertiary/aromatic N) is 3. The maximum atomic E-state index is 11.4. The van der Waals surface area contributed by atoms with Gasteiger partial charge < -0.3 is 0 Å². The molecule has 0 radical (unpaired) electrons. The molecule has 0 amide bonds. The summed E-state index contributed by atoms with van der Waals surface area (Å²) in [6, 6.07) is 4.95. The Morgan fingerprint density at radius 3 is 2.95 bits per heavy atom. The first-order valence-corrected chi connectivity index (χ1v) is 7.51. The van der Waals surface area contributed by atoms with E-state index in [1.54, 1.807) is 12.1 Å². The molecule has 0 aliphatic carbocycles. The van der Waals surface area contributed by atoms with Gasteiger partial charge in [0.2, 0.25) is 0 Å². The number of thioether (sulfide) groups is 1. The summed E-state index contributed by atoms with van der Waals surface area (Å²) in [7, 11) is 0. The topological polar surface area (TPSA) is 93.8 Å². The molecule has 106 valence electrons. The van der Waals surface area contributed by atoms with Gasteiger partial charge in [-0.15, -0.1) is 5.10 Å². The van der Waals surface area contributed by atoms with Gasteiger partial charge in [-0.05, 0) is 34.5 Å². The molecular formula is C11H11BrN4O3S. The SMILES string of the molecule is CCn1c(SCc2ccc(Br)c([N+](=O)[O-])c2)n[nH]c1=O. The van der Waals surface area contributed by atoms with Crippen LogP contribution < -0.4 is 5.69 Å². The lowest BCUT2D eigenvalue weighted by Gasteiger charge is -2.03. The smallest absolute Gasteiger partial charge is 0.270 e. The number of H-pyrrole nitrogens is 1. The Morgan fingerprint density at radius 1 is 1.55 bits per heavy atom. The maximum absolute atomic E-state index is 11.4. The number of nitrogens with one attached hydrogen (secondary N) is 1. The molecule has 0 unspecified atom stereocenters. The first-order chi connectivity index (χ1) is 9.52. The summed E-state index contributed by atoms with van der Waals surface area (Å²) in [5.41, 5.74) is 0.567. The minimum absolute atomic E-state index is 0.0259. The highest BCUT2D eigenvalue weighted by molar-refractivity contribution is 9.10. The van der Waals surface area contributed by atoms with Crippen LogP contribution in [0.3, 0.4) is 0 Å². The van der Waals surface area contributed by atoms with E-state index >= 15 is 0 Å². The third-order valence-electron chi connectivity index (χ3n) is 2.61.